The third-order valence-electron chi connectivity index (χ3n) is 7.96. The summed E-state index contributed by atoms with van der Waals surface area (Å²) in [5, 5.41) is 13.3. The van der Waals surface area contributed by atoms with E-state index in [1.165, 1.54) is 6.33 Å². The summed E-state index contributed by atoms with van der Waals surface area (Å²) in [6.07, 6.45) is -1.19. The van der Waals surface area contributed by atoms with Crippen LogP contribution in [0.3, 0.4) is 0 Å². The first-order valence-corrected chi connectivity index (χ1v) is 16.2. The molecule has 0 spiro atoms. The average Bonchev–Trinajstić information content (AvgIpc) is 3.63. The number of nitrogens with one attached hydrogen (secondary N) is 1. The summed E-state index contributed by atoms with van der Waals surface area (Å²) in [6.45, 7) is 6.05. The summed E-state index contributed by atoms with van der Waals surface area (Å²) in [7, 11) is 0. The molecule has 0 unspecified atom stereocenters. The second-order valence-corrected chi connectivity index (χ2v) is 12.4. The van der Waals surface area contributed by atoms with Crippen LogP contribution < -0.4 is 10.1 Å². The maximum atomic E-state index is 12.5. The Morgan fingerprint density at radius 2 is 1.61 bits per heavy atom. The van der Waals surface area contributed by atoms with Gasteiger partial charge in [-0.1, -0.05) is 92.7 Å². The number of amides is 1. The lowest BCUT2D eigenvalue weighted by Gasteiger charge is -2.31. The van der Waals surface area contributed by atoms with Crippen molar-refractivity contribution in [3.05, 3.63) is 108 Å². The van der Waals surface area contributed by atoms with E-state index in [0.29, 0.717) is 12.4 Å². The lowest BCUT2D eigenvalue weighted by molar-refractivity contribution is -0.146. The van der Waals surface area contributed by atoms with Crippen LogP contribution in [0.25, 0.3) is 11.2 Å². The number of fused-ring (bicyclic) bond motifs is 1. The number of carbonyl (C=O) groups excluding carboxylic acids is 1. The number of ether oxygens (including phenoxy) is 5. The van der Waals surface area contributed by atoms with Gasteiger partial charge in [0.2, 0.25) is 17.7 Å². The van der Waals surface area contributed by atoms with Crippen LogP contribution in [0.5, 0.6) is 11.6 Å². The number of rotatable bonds is 12. The van der Waals surface area contributed by atoms with E-state index in [0.717, 1.165) is 11.1 Å². The molecular formula is C36H37N5O7S. The molecule has 2 aromatic heterocycles. The molecule has 0 aliphatic carbocycles. The second-order valence-electron chi connectivity index (χ2n) is 12.1. The third-order valence-corrected chi connectivity index (χ3v) is 8.14. The van der Waals surface area contributed by atoms with Gasteiger partial charge in [-0.2, -0.15) is 9.97 Å². The Hall–Kier alpha value is -4.95. The summed E-state index contributed by atoms with van der Waals surface area (Å²) in [4.78, 5) is 25.4. The van der Waals surface area contributed by atoms with E-state index < -0.39 is 29.9 Å². The van der Waals surface area contributed by atoms with Gasteiger partial charge in [-0.15, -0.1) is 0 Å². The number of imidazole rings is 1. The molecule has 12 nitrogen and oxygen atoms in total. The zero-order valence-corrected chi connectivity index (χ0v) is 28.1. The molecule has 1 aliphatic heterocycles. The molecule has 3 aromatic carbocycles. The quantitative estimate of drug-likeness (QED) is 0.151. The summed E-state index contributed by atoms with van der Waals surface area (Å²) in [5.74, 6) is -0.659. The molecule has 0 radical (unpaired) electrons. The fourth-order valence-electron chi connectivity index (χ4n) is 5.45. The van der Waals surface area contributed by atoms with E-state index in [-0.39, 0.29) is 47.4 Å². The number of aromatic hydroxyl groups is 1. The number of aromatic nitrogens is 4. The Morgan fingerprint density at radius 1 is 0.980 bits per heavy atom. The number of anilines is 1. The van der Waals surface area contributed by atoms with E-state index in [2.05, 4.69) is 20.3 Å². The number of para-hydroxylation sites is 1. The van der Waals surface area contributed by atoms with Crippen LogP contribution in [0.15, 0.2) is 97.3 Å². The Morgan fingerprint density at radius 3 is 2.27 bits per heavy atom. The van der Waals surface area contributed by atoms with Crippen molar-refractivity contribution >= 4 is 40.5 Å². The molecule has 5 aromatic rings. The first-order valence-electron chi connectivity index (χ1n) is 15.8. The number of nitrogens with zero attached hydrogens (tertiary/aromatic N) is 4. The van der Waals surface area contributed by atoms with Gasteiger partial charge < -0.3 is 28.8 Å². The van der Waals surface area contributed by atoms with Crippen LogP contribution in [0.2, 0.25) is 0 Å². The Kier molecular flexibility index (Phi) is 10.4. The zero-order valence-electron chi connectivity index (χ0n) is 27.3. The number of carbonyl (C=O) groups is 1. The normalized spacial score (nSPS) is 20.4. The summed E-state index contributed by atoms with van der Waals surface area (Å²) < 4.78 is 33.5. The number of thiocarbonyl (C=S) groups is 1. The smallest absolute Gasteiger partial charge is 0.358 e. The van der Waals surface area contributed by atoms with Crippen molar-refractivity contribution in [1.29, 1.82) is 0 Å². The fraction of sp³-hybridized carbons (Fsp3) is 0.306. The van der Waals surface area contributed by atoms with Crippen LogP contribution in [0.1, 0.15) is 38.1 Å². The van der Waals surface area contributed by atoms with Crippen LogP contribution in [-0.2, 0) is 37.0 Å². The predicted molar refractivity (Wildman–Crippen MR) is 185 cm³/mol. The van der Waals surface area contributed by atoms with E-state index >= 15 is 0 Å². The summed E-state index contributed by atoms with van der Waals surface area (Å²) in [6, 6.07) is 28.6. The molecule has 1 amide bonds. The van der Waals surface area contributed by atoms with Gasteiger partial charge in [-0.3, -0.25) is 14.7 Å². The highest BCUT2D eigenvalue weighted by Crippen LogP contribution is 2.43. The highest BCUT2D eigenvalue weighted by molar-refractivity contribution is 7.79. The second kappa shape index (κ2) is 15.1. The molecule has 4 atom stereocenters. The molecule has 3 heterocycles. The maximum Gasteiger partial charge on any atom is 0.358 e. The molecule has 1 aliphatic rings. The molecule has 13 heteroatoms. The van der Waals surface area contributed by atoms with Gasteiger partial charge in [-0.25, -0.2) is 4.98 Å². The topological polar surface area (TPSA) is 139 Å². The third kappa shape index (κ3) is 8.03. The first-order chi connectivity index (χ1) is 23.7. The molecule has 49 heavy (non-hydrogen) atoms. The Balaban J connectivity index is 1.37. The molecule has 1 saturated heterocycles. The Bertz CT molecular complexity index is 1880. The number of hydrogen-bond donors (Lipinski definition) is 2. The minimum atomic E-state index is -1.10. The van der Waals surface area contributed by atoms with Crippen LogP contribution in [0.4, 0.5) is 5.95 Å². The van der Waals surface area contributed by atoms with Crippen molar-refractivity contribution in [2.24, 2.45) is 5.92 Å². The lowest BCUT2D eigenvalue weighted by Crippen LogP contribution is -2.47. The van der Waals surface area contributed by atoms with Crippen LogP contribution >= 0.6 is 12.2 Å². The van der Waals surface area contributed by atoms with Crippen molar-refractivity contribution < 1.29 is 33.6 Å². The highest BCUT2D eigenvalue weighted by Gasteiger charge is 2.56. The van der Waals surface area contributed by atoms with Gasteiger partial charge in [0.1, 0.15) is 17.5 Å². The molecule has 2 N–H and O–H groups in total. The summed E-state index contributed by atoms with van der Waals surface area (Å²) in [5.41, 5.74) is 1.13. The Labute approximate surface area is 289 Å². The van der Waals surface area contributed by atoms with Gasteiger partial charge in [0, 0.05) is 18.1 Å². The number of benzene rings is 3. The van der Waals surface area contributed by atoms with Crippen molar-refractivity contribution in [2.75, 3.05) is 11.9 Å². The minimum Gasteiger partial charge on any atom is -0.492 e. The lowest BCUT2D eigenvalue weighted by atomic mass is 9.97. The standard InChI is InChI=1S/C36H37N5O7S/c1-23(2)31(42)39-34-38-30-27(32(43)40-34)37-22-41(30)33-28(47-35(49)46-26-17-11-6-12-18-26)29(45-20-25-15-9-5-10-16-25)36(3,48-33)21-44-19-24-13-7-4-8-14-24/h4-18,22-23,28-29,33H,19-21H2,1-3H3,(H2,38,39,40,42,43)/t28-,29+,33-,36-/m1/s1. The monoisotopic (exact) mass is 683 g/mol. The van der Waals surface area contributed by atoms with Crippen LogP contribution in [0, 0.1) is 5.92 Å². The largest absolute Gasteiger partial charge is 0.492 e. The zero-order chi connectivity index (χ0) is 34.4. The van der Waals surface area contributed by atoms with Crippen molar-refractivity contribution in [2.45, 2.75) is 58.0 Å². The van der Waals surface area contributed by atoms with Gasteiger partial charge in [-0.05, 0) is 30.2 Å². The maximum absolute atomic E-state index is 12.5. The fourth-order valence-corrected chi connectivity index (χ4v) is 5.66. The van der Waals surface area contributed by atoms with Gasteiger partial charge in [0.05, 0.1) is 26.1 Å². The molecular weight excluding hydrogens is 646 g/mol. The SMILES string of the molecule is CC(C)C(=O)Nc1nc(O)c2ncn([C@@H]3O[C@](C)(COCc4ccccc4)[C@@H](OCc4ccccc4)[C@H]3OC(=S)Oc3ccccc3)c2n1. The average molecular weight is 684 g/mol. The van der Waals surface area contributed by atoms with E-state index in [1.54, 1.807) is 30.5 Å². The van der Waals surface area contributed by atoms with Crippen molar-refractivity contribution in [1.82, 2.24) is 19.5 Å². The molecule has 6 rings (SSSR count). The van der Waals surface area contributed by atoms with Gasteiger partial charge in [0.25, 0.3) is 0 Å². The van der Waals surface area contributed by atoms with E-state index in [4.69, 9.17) is 35.9 Å². The predicted octanol–water partition coefficient (Wildman–Crippen LogP) is 5.97. The molecule has 0 bridgehead atoms. The van der Waals surface area contributed by atoms with E-state index in [9.17, 15) is 9.90 Å². The minimum absolute atomic E-state index is 0.0883. The first kappa shape index (κ1) is 33.9. The van der Waals surface area contributed by atoms with Crippen molar-refractivity contribution in [3.63, 3.8) is 0 Å². The highest BCUT2D eigenvalue weighted by atomic mass is 32.1. The van der Waals surface area contributed by atoms with Gasteiger partial charge in [0.15, 0.2) is 23.5 Å². The van der Waals surface area contributed by atoms with E-state index in [1.807, 2.05) is 85.8 Å². The van der Waals surface area contributed by atoms with Gasteiger partial charge >= 0.3 is 5.24 Å². The van der Waals surface area contributed by atoms with Crippen molar-refractivity contribution in [3.8, 4) is 11.6 Å². The van der Waals surface area contributed by atoms with Crippen LogP contribution in [-0.4, -0.2) is 60.2 Å². The number of hydrogen-bond acceptors (Lipinski definition) is 11. The summed E-state index contributed by atoms with van der Waals surface area (Å²) >= 11 is 5.60. The molecule has 1 fully saturated rings. The molecule has 0 saturated carbocycles. The molecule has 254 valence electrons.